The van der Waals surface area contributed by atoms with Crippen molar-refractivity contribution in [1.29, 1.82) is 0 Å². The minimum atomic E-state index is -0.515. The molecule has 0 aliphatic heterocycles. The Labute approximate surface area is 100 Å². The van der Waals surface area contributed by atoms with Crippen molar-refractivity contribution in [3.63, 3.8) is 0 Å². The molecule has 2 aromatic rings. The van der Waals surface area contributed by atoms with Crippen LogP contribution in [0.15, 0.2) is 12.1 Å². The summed E-state index contributed by atoms with van der Waals surface area (Å²) in [7, 11) is 2.56. The molecule has 0 radical (unpaired) electrons. The third-order valence-electron chi connectivity index (χ3n) is 2.23. The zero-order valence-electron chi connectivity index (χ0n) is 9.09. The number of ether oxygens (including phenoxy) is 2. The van der Waals surface area contributed by atoms with E-state index in [1.54, 1.807) is 0 Å². The van der Waals surface area contributed by atoms with Gasteiger partial charge in [-0.25, -0.2) is 9.59 Å². The van der Waals surface area contributed by atoms with Crippen molar-refractivity contribution < 1.29 is 19.1 Å². The van der Waals surface area contributed by atoms with Crippen LogP contribution in [0.5, 0.6) is 0 Å². The maximum absolute atomic E-state index is 11.5. The van der Waals surface area contributed by atoms with Crippen molar-refractivity contribution in [1.82, 2.24) is 8.75 Å². The van der Waals surface area contributed by atoms with E-state index < -0.39 is 11.9 Å². The lowest BCUT2D eigenvalue weighted by Gasteiger charge is -2.03. The predicted octanol–water partition coefficient (Wildman–Crippen LogP) is 1.26. The monoisotopic (exact) mass is 252 g/mol. The Hall–Kier alpha value is -2.02. The van der Waals surface area contributed by atoms with E-state index in [1.807, 2.05) is 0 Å². The molecule has 0 N–H and O–H groups in total. The van der Waals surface area contributed by atoms with Crippen LogP contribution in [0.3, 0.4) is 0 Å². The molecule has 17 heavy (non-hydrogen) atoms. The largest absolute Gasteiger partial charge is 0.465 e. The lowest BCUT2D eigenvalue weighted by molar-refractivity contribution is 0.0589. The van der Waals surface area contributed by atoms with Crippen LogP contribution in [-0.4, -0.2) is 34.9 Å². The Morgan fingerprint density at radius 1 is 1.00 bits per heavy atom. The topological polar surface area (TPSA) is 78.4 Å². The van der Waals surface area contributed by atoms with Gasteiger partial charge >= 0.3 is 11.9 Å². The van der Waals surface area contributed by atoms with E-state index >= 15 is 0 Å². The number of hydrogen-bond donors (Lipinski definition) is 0. The highest BCUT2D eigenvalue weighted by atomic mass is 32.1. The van der Waals surface area contributed by atoms with E-state index in [9.17, 15) is 9.59 Å². The van der Waals surface area contributed by atoms with Gasteiger partial charge in [0.05, 0.1) is 37.1 Å². The van der Waals surface area contributed by atoms with Crippen molar-refractivity contribution in [3.05, 3.63) is 23.3 Å². The molecule has 2 rings (SSSR count). The molecule has 0 spiro atoms. The van der Waals surface area contributed by atoms with Crippen molar-refractivity contribution in [2.45, 2.75) is 0 Å². The molecule has 1 aromatic heterocycles. The van der Waals surface area contributed by atoms with Crippen molar-refractivity contribution in [2.75, 3.05) is 14.2 Å². The van der Waals surface area contributed by atoms with Crippen LogP contribution >= 0.6 is 11.7 Å². The molecular weight excluding hydrogens is 244 g/mol. The lowest BCUT2D eigenvalue weighted by Crippen LogP contribution is -2.06. The molecule has 0 bridgehead atoms. The molecule has 0 amide bonds. The van der Waals surface area contributed by atoms with Crippen LogP contribution in [0.25, 0.3) is 11.0 Å². The average molecular weight is 252 g/mol. The molecular formula is C10H8N2O4S. The Kier molecular flexibility index (Phi) is 3.01. The summed E-state index contributed by atoms with van der Waals surface area (Å²) in [5.74, 6) is -1.03. The first-order valence-electron chi connectivity index (χ1n) is 4.61. The number of carbonyl (C=O) groups is 2. The molecule has 1 aromatic carbocycles. The van der Waals surface area contributed by atoms with Crippen LogP contribution in [0.1, 0.15) is 20.7 Å². The summed E-state index contributed by atoms with van der Waals surface area (Å²) in [4.78, 5) is 22.9. The van der Waals surface area contributed by atoms with Gasteiger partial charge in [-0.3, -0.25) is 0 Å². The number of hydrogen-bond acceptors (Lipinski definition) is 7. The molecule has 6 nitrogen and oxygen atoms in total. The maximum atomic E-state index is 11.5. The van der Waals surface area contributed by atoms with Crippen LogP contribution in [0.2, 0.25) is 0 Å². The third-order valence-corrected chi connectivity index (χ3v) is 2.75. The second-order valence-electron chi connectivity index (χ2n) is 3.11. The van der Waals surface area contributed by atoms with Crippen molar-refractivity contribution >= 4 is 34.7 Å². The number of carbonyl (C=O) groups excluding carboxylic acids is 2. The Balaban J connectivity index is 2.67. The van der Waals surface area contributed by atoms with E-state index in [1.165, 1.54) is 26.4 Å². The summed E-state index contributed by atoms with van der Waals surface area (Å²) in [6.45, 7) is 0. The molecule has 0 aliphatic carbocycles. The highest BCUT2D eigenvalue weighted by molar-refractivity contribution is 7.00. The number of aromatic nitrogens is 2. The zero-order chi connectivity index (χ0) is 12.4. The molecule has 0 atom stereocenters. The number of benzene rings is 1. The Morgan fingerprint density at radius 2 is 1.41 bits per heavy atom. The van der Waals surface area contributed by atoms with E-state index in [-0.39, 0.29) is 11.1 Å². The molecule has 0 unspecified atom stereocenters. The van der Waals surface area contributed by atoms with E-state index in [0.29, 0.717) is 11.0 Å². The highest BCUT2D eigenvalue weighted by Gasteiger charge is 2.19. The Morgan fingerprint density at radius 3 is 1.76 bits per heavy atom. The average Bonchev–Trinajstić information content (AvgIpc) is 2.84. The van der Waals surface area contributed by atoms with Gasteiger partial charge in [-0.1, -0.05) is 0 Å². The van der Waals surface area contributed by atoms with Crippen molar-refractivity contribution in [2.24, 2.45) is 0 Å². The van der Waals surface area contributed by atoms with Gasteiger partial charge in [0.1, 0.15) is 11.0 Å². The normalized spacial score (nSPS) is 10.2. The maximum Gasteiger partial charge on any atom is 0.340 e. The van der Waals surface area contributed by atoms with Gasteiger partial charge in [0, 0.05) is 0 Å². The van der Waals surface area contributed by atoms with E-state index in [0.717, 1.165) is 11.7 Å². The van der Waals surface area contributed by atoms with Crippen LogP contribution < -0.4 is 0 Å². The van der Waals surface area contributed by atoms with E-state index in [4.69, 9.17) is 0 Å². The predicted molar refractivity (Wildman–Crippen MR) is 60.1 cm³/mol. The summed E-state index contributed by atoms with van der Waals surface area (Å²) in [5, 5.41) is 0. The molecule has 1 heterocycles. The number of esters is 2. The van der Waals surface area contributed by atoms with Gasteiger partial charge in [0.2, 0.25) is 0 Å². The van der Waals surface area contributed by atoms with Crippen LogP contribution in [-0.2, 0) is 9.47 Å². The quantitative estimate of drug-likeness (QED) is 0.749. The fraction of sp³-hybridized carbons (Fsp3) is 0.200. The smallest absolute Gasteiger partial charge is 0.340 e. The highest BCUT2D eigenvalue weighted by Crippen LogP contribution is 2.22. The summed E-state index contributed by atoms with van der Waals surface area (Å²) >= 11 is 0.921. The number of nitrogens with zero attached hydrogens (tertiary/aromatic N) is 2. The van der Waals surface area contributed by atoms with E-state index in [2.05, 4.69) is 18.2 Å². The molecule has 88 valence electrons. The van der Waals surface area contributed by atoms with Gasteiger partial charge in [0.25, 0.3) is 0 Å². The van der Waals surface area contributed by atoms with Gasteiger partial charge in [0.15, 0.2) is 0 Å². The van der Waals surface area contributed by atoms with Gasteiger partial charge in [-0.15, -0.1) is 0 Å². The molecule has 0 saturated carbocycles. The summed E-state index contributed by atoms with van der Waals surface area (Å²) in [6, 6.07) is 2.95. The number of fused-ring (bicyclic) bond motifs is 1. The number of methoxy groups -OCH3 is 2. The SMILES string of the molecule is COC(=O)c1ccc(C(=O)OC)c2nsnc12. The number of rotatable bonds is 2. The standard InChI is InChI=1S/C10H8N2O4S/c1-15-9(13)5-3-4-6(10(14)16-2)8-7(5)11-17-12-8/h3-4H,1-2H3. The van der Waals surface area contributed by atoms with Gasteiger partial charge in [-0.2, -0.15) is 8.75 Å². The first kappa shape index (κ1) is 11.5. The minimum Gasteiger partial charge on any atom is -0.465 e. The molecule has 7 heteroatoms. The third kappa shape index (κ3) is 1.84. The minimum absolute atomic E-state index is 0.281. The second kappa shape index (κ2) is 4.46. The molecule has 0 aliphatic rings. The fourth-order valence-corrected chi connectivity index (χ4v) is 1.99. The van der Waals surface area contributed by atoms with Crippen molar-refractivity contribution in [3.8, 4) is 0 Å². The molecule has 0 fully saturated rings. The van der Waals surface area contributed by atoms with Gasteiger partial charge in [-0.05, 0) is 12.1 Å². The summed E-state index contributed by atoms with van der Waals surface area (Å²) in [6.07, 6.45) is 0. The fourth-order valence-electron chi connectivity index (χ4n) is 1.42. The Bertz CT molecular complexity index is 543. The van der Waals surface area contributed by atoms with Gasteiger partial charge < -0.3 is 9.47 Å². The summed E-state index contributed by atoms with van der Waals surface area (Å²) in [5.41, 5.74) is 1.27. The molecule has 0 saturated heterocycles. The second-order valence-corrected chi connectivity index (χ2v) is 3.63. The van der Waals surface area contributed by atoms with Crippen LogP contribution in [0.4, 0.5) is 0 Å². The first-order chi connectivity index (χ1) is 8.19. The lowest BCUT2D eigenvalue weighted by atomic mass is 10.1. The zero-order valence-corrected chi connectivity index (χ0v) is 9.91. The van der Waals surface area contributed by atoms with Crippen LogP contribution in [0, 0.1) is 0 Å². The summed E-state index contributed by atoms with van der Waals surface area (Å²) < 4.78 is 17.2. The first-order valence-corrected chi connectivity index (χ1v) is 5.34.